The van der Waals surface area contributed by atoms with Gasteiger partial charge in [0.05, 0.1) is 0 Å². The molecule has 0 saturated heterocycles. The van der Waals surface area contributed by atoms with Crippen LogP contribution in [0.3, 0.4) is 0 Å². The molecular formula is C18H17BrSe. The van der Waals surface area contributed by atoms with Crippen LogP contribution >= 0.6 is 15.9 Å². The molecule has 0 bridgehead atoms. The van der Waals surface area contributed by atoms with Gasteiger partial charge in [-0.2, -0.15) is 0 Å². The monoisotopic (exact) mass is 392 g/mol. The van der Waals surface area contributed by atoms with Gasteiger partial charge < -0.3 is 0 Å². The number of hydrogen-bond acceptors (Lipinski definition) is 0. The van der Waals surface area contributed by atoms with Gasteiger partial charge in [-0.3, -0.25) is 0 Å². The van der Waals surface area contributed by atoms with Crippen molar-refractivity contribution in [3.63, 3.8) is 0 Å². The molecular weight excluding hydrogens is 375 g/mol. The van der Waals surface area contributed by atoms with E-state index in [1.807, 2.05) is 0 Å². The van der Waals surface area contributed by atoms with Gasteiger partial charge in [-0.15, -0.1) is 0 Å². The predicted octanol–water partition coefficient (Wildman–Crippen LogP) is 4.69. The summed E-state index contributed by atoms with van der Waals surface area (Å²) in [4.78, 5) is 0. The second-order valence-corrected chi connectivity index (χ2v) is 8.28. The number of benzene rings is 2. The molecule has 102 valence electrons. The number of rotatable bonds is 4. The zero-order chi connectivity index (χ0) is 13.8. The molecule has 0 heterocycles. The van der Waals surface area contributed by atoms with E-state index in [-0.39, 0.29) is 0 Å². The van der Waals surface area contributed by atoms with Gasteiger partial charge in [-0.1, -0.05) is 0 Å². The van der Waals surface area contributed by atoms with Crippen LogP contribution in [-0.2, 0) is 0 Å². The maximum atomic E-state index is 3.58. The van der Waals surface area contributed by atoms with Crippen molar-refractivity contribution in [2.24, 2.45) is 5.92 Å². The average Bonchev–Trinajstić information content (AvgIpc) is 2.95. The SMILES string of the molecule is Brc1cccc(C2=CCCC2C[Se]c2ccccc2)c1. The quantitative estimate of drug-likeness (QED) is 0.663. The average molecular weight is 392 g/mol. The van der Waals surface area contributed by atoms with Crippen molar-refractivity contribution >= 4 is 40.9 Å². The van der Waals surface area contributed by atoms with Crippen molar-refractivity contribution in [2.75, 3.05) is 0 Å². The van der Waals surface area contributed by atoms with E-state index in [0.717, 1.165) is 5.92 Å². The Kier molecular flexibility index (Phi) is 4.77. The van der Waals surface area contributed by atoms with E-state index in [9.17, 15) is 0 Å². The molecule has 0 saturated carbocycles. The fourth-order valence-electron chi connectivity index (χ4n) is 2.67. The number of halogens is 1. The van der Waals surface area contributed by atoms with Crippen molar-refractivity contribution in [3.05, 3.63) is 70.7 Å². The molecule has 1 unspecified atom stereocenters. The summed E-state index contributed by atoms with van der Waals surface area (Å²) in [7, 11) is 0. The topological polar surface area (TPSA) is 0 Å². The zero-order valence-electron chi connectivity index (χ0n) is 11.3. The van der Waals surface area contributed by atoms with Crippen molar-refractivity contribution in [2.45, 2.75) is 18.2 Å². The van der Waals surface area contributed by atoms with Crippen LogP contribution < -0.4 is 4.46 Å². The molecule has 0 radical (unpaired) electrons. The molecule has 2 aromatic carbocycles. The van der Waals surface area contributed by atoms with E-state index in [0.29, 0.717) is 15.0 Å². The van der Waals surface area contributed by atoms with E-state index in [1.165, 1.54) is 32.7 Å². The van der Waals surface area contributed by atoms with Crippen LogP contribution in [0.15, 0.2) is 65.1 Å². The van der Waals surface area contributed by atoms with Crippen LogP contribution in [0, 0.1) is 5.92 Å². The maximum absolute atomic E-state index is 3.58. The van der Waals surface area contributed by atoms with Crippen LogP contribution in [0.25, 0.3) is 5.57 Å². The Hall–Kier alpha value is -0.821. The Morgan fingerprint density at radius 2 is 1.90 bits per heavy atom. The summed E-state index contributed by atoms with van der Waals surface area (Å²) < 4.78 is 2.69. The third-order valence-electron chi connectivity index (χ3n) is 3.67. The van der Waals surface area contributed by atoms with Gasteiger partial charge in [-0.25, -0.2) is 0 Å². The Morgan fingerprint density at radius 3 is 2.70 bits per heavy atom. The Labute approximate surface area is 135 Å². The fraction of sp³-hybridized carbons (Fsp3) is 0.222. The fourth-order valence-corrected chi connectivity index (χ4v) is 5.36. The molecule has 0 amide bonds. The van der Waals surface area contributed by atoms with Crippen LogP contribution in [-0.4, -0.2) is 15.0 Å². The van der Waals surface area contributed by atoms with Gasteiger partial charge in [0, 0.05) is 0 Å². The summed E-state index contributed by atoms with van der Waals surface area (Å²) in [6.07, 6.45) is 4.99. The van der Waals surface area contributed by atoms with E-state index in [2.05, 4.69) is 76.6 Å². The second-order valence-electron chi connectivity index (χ2n) is 5.07. The molecule has 0 aromatic heterocycles. The number of hydrogen-bond donors (Lipinski definition) is 0. The molecule has 0 fully saturated rings. The Bertz CT molecular complexity index is 604. The van der Waals surface area contributed by atoms with E-state index < -0.39 is 0 Å². The standard InChI is InChI=1S/C18H17BrSe/c19-16-8-4-6-14(12-16)18-11-5-7-15(18)13-20-17-9-2-1-3-10-17/h1-4,6,8-12,15H,5,7,13H2. The summed E-state index contributed by atoms with van der Waals surface area (Å²) >= 11 is 4.17. The van der Waals surface area contributed by atoms with Crippen molar-refractivity contribution in [1.29, 1.82) is 0 Å². The Balaban J connectivity index is 1.70. The molecule has 3 rings (SSSR count). The molecule has 0 spiro atoms. The van der Waals surface area contributed by atoms with Crippen LogP contribution in [0.1, 0.15) is 18.4 Å². The molecule has 2 aromatic rings. The summed E-state index contributed by atoms with van der Waals surface area (Å²) in [5.74, 6) is 0.740. The summed E-state index contributed by atoms with van der Waals surface area (Å²) in [6, 6.07) is 19.6. The molecule has 1 aliphatic carbocycles. The summed E-state index contributed by atoms with van der Waals surface area (Å²) in [5.41, 5.74) is 2.95. The second kappa shape index (κ2) is 6.76. The van der Waals surface area contributed by atoms with Crippen LogP contribution in [0.4, 0.5) is 0 Å². The van der Waals surface area contributed by atoms with Gasteiger partial charge in [0.25, 0.3) is 0 Å². The van der Waals surface area contributed by atoms with E-state index in [4.69, 9.17) is 0 Å². The van der Waals surface area contributed by atoms with Gasteiger partial charge in [0.2, 0.25) is 0 Å². The number of allylic oxidation sites excluding steroid dienone is 2. The molecule has 20 heavy (non-hydrogen) atoms. The molecule has 0 aliphatic heterocycles. The van der Waals surface area contributed by atoms with Crippen molar-refractivity contribution in [3.8, 4) is 0 Å². The van der Waals surface area contributed by atoms with Crippen LogP contribution in [0.2, 0.25) is 5.32 Å². The minimum absolute atomic E-state index is 0.585. The van der Waals surface area contributed by atoms with E-state index >= 15 is 0 Å². The molecule has 1 atom stereocenters. The summed E-state index contributed by atoms with van der Waals surface area (Å²) in [5, 5.41) is 1.31. The summed E-state index contributed by atoms with van der Waals surface area (Å²) in [6.45, 7) is 0. The molecule has 2 heteroatoms. The first-order valence-electron chi connectivity index (χ1n) is 6.97. The minimum atomic E-state index is 0.585. The van der Waals surface area contributed by atoms with Gasteiger partial charge in [0.15, 0.2) is 0 Å². The first kappa shape index (κ1) is 14.1. The first-order chi connectivity index (χ1) is 9.83. The van der Waals surface area contributed by atoms with Gasteiger partial charge >= 0.3 is 136 Å². The Morgan fingerprint density at radius 1 is 1.05 bits per heavy atom. The zero-order valence-corrected chi connectivity index (χ0v) is 14.6. The van der Waals surface area contributed by atoms with Gasteiger partial charge in [-0.05, 0) is 0 Å². The predicted molar refractivity (Wildman–Crippen MR) is 91.5 cm³/mol. The third kappa shape index (κ3) is 3.44. The van der Waals surface area contributed by atoms with E-state index in [1.54, 1.807) is 5.57 Å². The van der Waals surface area contributed by atoms with Gasteiger partial charge in [0.1, 0.15) is 0 Å². The normalized spacial score (nSPS) is 18.1. The first-order valence-corrected chi connectivity index (χ1v) is 9.83. The van der Waals surface area contributed by atoms with Crippen molar-refractivity contribution in [1.82, 2.24) is 0 Å². The third-order valence-corrected chi connectivity index (χ3v) is 6.63. The van der Waals surface area contributed by atoms with Crippen LogP contribution in [0.5, 0.6) is 0 Å². The molecule has 1 aliphatic rings. The van der Waals surface area contributed by atoms with Crippen molar-refractivity contribution < 1.29 is 0 Å². The molecule has 0 N–H and O–H groups in total. The molecule has 0 nitrogen and oxygen atoms in total.